The van der Waals surface area contributed by atoms with Gasteiger partial charge in [-0.1, -0.05) is 0 Å². The van der Waals surface area contributed by atoms with Crippen molar-refractivity contribution in [2.75, 3.05) is 24.5 Å². The van der Waals surface area contributed by atoms with Gasteiger partial charge in [0.15, 0.2) is 5.65 Å². The standard InChI is InChI=1S/C17H18F3N7O/c18-17(19,20)4-6-22-16(28)10-2-1-7-27(9-10)15-13-11-3-5-21-14(11)25-24-12(13)8-23-26-15/h3,5,8,10,26H,1-2,4,6-7,9H2,(H,22,28). The fourth-order valence-corrected chi connectivity index (χ4v) is 3.54. The monoisotopic (exact) mass is 393 g/mol. The first-order valence-electron chi connectivity index (χ1n) is 8.96. The van der Waals surface area contributed by atoms with Crippen molar-refractivity contribution < 1.29 is 18.0 Å². The van der Waals surface area contributed by atoms with Gasteiger partial charge in [0.1, 0.15) is 11.3 Å². The molecule has 1 atom stereocenters. The molecule has 28 heavy (non-hydrogen) atoms. The molecule has 0 saturated carbocycles. The number of carbonyl (C=O) groups is 1. The van der Waals surface area contributed by atoms with Crippen LogP contribution < -0.4 is 10.2 Å². The molecular formula is C17H18F3N7O. The summed E-state index contributed by atoms with van der Waals surface area (Å²) in [5.74, 6) is -0.0473. The van der Waals surface area contributed by atoms with Crippen LogP contribution in [-0.4, -0.2) is 57.1 Å². The lowest BCUT2D eigenvalue weighted by molar-refractivity contribution is -0.136. The second-order valence-corrected chi connectivity index (χ2v) is 6.80. The predicted molar refractivity (Wildman–Crippen MR) is 95.6 cm³/mol. The first kappa shape index (κ1) is 18.4. The lowest BCUT2D eigenvalue weighted by Crippen LogP contribution is -2.44. The molecule has 3 aromatic heterocycles. The minimum atomic E-state index is -4.28. The highest BCUT2D eigenvalue weighted by Crippen LogP contribution is 2.31. The quantitative estimate of drug-likeness (QED) is 0.705. The van der Waals surface area contributed by atoms with Crippen molar-refractivity contribution in [3.63, 3.8) is 0 Å². The molecule has 0 aliphatic carbocycles. The van der Waals surface area contributed by atoms with Gasteiger partial charge < -0.3 is 10.2 Å². The number of fused-ring (bicyclic) bond motifs is 3. The van der Waals surface area contributed by atoms with E-state index >= 15 is 0 Å². The van der Waals surface area contributed by atoms with E-state index in [9.17, 15) is 18.0 Å². The number of piperidine rings is 1. The number of carbonyl (C=O) groups excluding carboxylic acids is 1. The van der Waals surface area contributed by atoms with Crippen molar-refractivity contribution >= 4 is 33.7 Å². The number of nitrogens with zero attached hydrogens (tertiary/aromatic N) is 5. The van der Waals surface area contributed by atoms with E-state index in [1.165, 1.54) is 0 Å². The zero-order valence-electron chi connectivity index (χ0n) is 14.8. The van der Waals surface area contributed by atoms with Crippen molar-refractivity contribution in [1.82, 2.24) is 30.7 Å². The molecule has 1 unspecified atom stereocenters. The van der Waals surface area contributed by atoms with Gasteiger partial charge in [0, 0.05) is 31.2 Å². The molecular weight excluding hydrogens is 375 g/mol. The van der Waals surface area contributed by atoms with Crippen LogP contribution in [0.2, 0.25) is 0 Å². The van der Waals surface area contributed by atoms with Crippen molar-refractivity contribution in [3.8, 4) is 0 Å². The summed E-state index contributed by atoms with van der Waals surface area (Å²) in [4.78, 5) is 18.5. The molecule has 0 spiro atoms. The van der Waals surface area contributed by atoms with E-state index in [0.717, 1.165) is 17.2 Å². The number of aromatic amines is 1. The van der Waals surface area contributed by atoms with Crippen LogP contribution in [0.15, 0.2) is 18.5 Å². The summed E-state index contributed by atoms with van der Waals surface area (Å²) in [7, 11) is 0. The molecule has 2 N–H and O–H groups in total. The summed E-state index contributed by atoms with van der Waals surface area (Å²) in [5, 5.41) is 19.4. The van der Waals surface area contributed by atoms with Crippen LogP contribution in [0.25, 0.3) is 21.9 Å². The summed E-state index contributed by atoms with van der Waals surface area (Å²) in [6.07, 6.45) is -0.728. The Kier molecular flexibility index (Phi) is 4.73. The Bertz CT molecular complexity index is 1000. The number of nitrogens with one attached hydrogen (secondary N) is 2. The Labute approximate surface area is 157 Å². The van der Waals surface area contributed by atoms with E-state index in [1.54, 1.807) is 12.4 Å². The average molecular weight is 393 g/mol. The third-order valence-electron chi connectivity index (χ3n) is 4.87. The lowest BCUT2D eigenvalue weighted by Gasteiger charge is -2.33. The van der Waals surface area contributed by atoms with Gasteiger partial charge in [-0.15, -0.1) is 10.2 Å². The minimum Gasteiger partial charge on any atom is -0.356 e. The van der Waals surface area contributed by atoms with Gasteiger partial charge in [0.2, 0.25) is 5.91 Å². The van der Waals surface area contributed by atoms with E-state index in [-0.39, 0.29) is 5.91 Å². The molecule has 3 aromatic rings. The minimum absolute atomic E-state index is 0.359. The summed E-state index contributed by atoms with van der Waals surface area (Å²) >= 11 is 0. The number of alkyl halides is 3. The Morgan fingerprint density at radius 2 is 2.21 bits per heavy atom. The van der Waals surface area contributed by atoms with Gasteiger partial charge in [-0.25, -0.2) is 4.98 Å². The van der Waals surface area contributed by atoms with Gasteiger partial charge in [-0.3, -0.25) is 9.89 Å². The Hall–Kier alpha value is -2.98. The molecule has 1 saturated heterocycles. The van der Waals surface area contributed by atoms with Crippen LogP contribution in [0, 0.1) is 5.92 Å². The number of amides is 1. The van der Waals surface area contributed by atoms with Crippen LogP contribution >= 0.6 is 0 Å². The molecule has 148 valence electrons. The fourth-order valence-electron chi connectivity index (χ4n) is 3.54. The Balaban J connectivity index is 1.55. The van der Waals surface area contributed by atoms with Crippen LogP contribution in [0.5, 0.6) is 0 Å². The molecule has 1 amide bonds. The smallest absolute Gasteiger partial charge is 0.356 e. The largest absolute Gasteiger partial charge is 0.390 e. The highest BCUT2D eigenvalue weighted by Gasteiger charge is 2.30. The van der Waals surface area contributed by atoms with Gasteiger partial charge in [0.05, 0.1) is 23.9 Å². The SMILES string of the molecule is O=C(NCCC(F)(F)F)C1CCCN(c2[nH]ncc3nnc4nccc4c23)C1. The van der Waals surface area contributed by atoms with Gasteiger partial charge in [-0.2, -0.15) is 18.3 Å². The summed E-state index contributed by atoms with van der Waals surface area (Å²) in [6.45, 7) is 0.671. The van der Waals surface area contributed by atoms with E-state index in [0.29, 0.717) is 36.5 Å². The maximum atomic E-state index is 12.3. The van der Waals surface area contributed by atoms with E-state index in [4.69, 9.17) is 0 Å². The number of anilines is 1. The van der Waals surface area contributed by atoms with E-state index in [2.05, 4.69) is 30.7 Å². The Morgan fingerprint density at radius 1 is 1.36 bits per heavy atom. The molecule has 0 aromatic carbocycles. The molecule has 0 bridgehead atoms. The van der Waals surface area contributed by atoms with Crippen LogP contribution in [0.3, 0.4) is 0 Å². The molecule has 8 nitrogen and oxygen atoms in total. The van der Waals surface area contributed by atoms with Crippen molar-refractivity contribution in [1.29, 1.82) is 0 Å². The van der Waals surface area contributed by atoms with Crippen molar-refractivity contribution in [2.24, 2.45) is 5.92 Å². The number of aromatic nitrogens is 5. The normalized spacial score (nSPS) is 18.0. The zero-order chi connectivity index (χ0) is 19.7. The second-order valence-electron chi connectivity index (χ2n) is 6.80. The predicted octanol–water partition coefficient (Wildman–Crippen LogP) is 2.19. The number of hydrogen-bond acceptors (Lipinski definition) is 6. The van der Waals surface area contributed by atoms with Gasteiger partial charge in [0.25, 0.3) is 0 Å². The Morgan fingerprint density at radius 3 is 3.04 bits per heavy atom. The maximum absolute atomic E-state index is 12.3. The number of hydrogen-bond donors (Lipinski definition) is 2. The maximum Gasteiger partial charge on any atom is 0.390 e. The first-order valence-corrected chi connectivity index (χ1v) is 8.96. The first-order chi connectivity index (χ1) is 13.4. The molecule has 11 heteroatoms. The zero-order valence-corrected chi connectivity index (χ0v) is 14.8. The highest BCUT2D eigenvalue weighted by atomic mass is 19.4. The molecule has 4 rings (SSSR count). The number of H-pyrrole nitrogens is 1. The summed E-state index contributed by atoms with van der Waals surface area (Å²) < 4.78 is 36.9. The summed E-state index contributed by atoms with van der Waals surface area (Å²) in [5.41, 5.74) is 1.12. The third kappa shape index (κ3) is 3.69. The molecule has 0 radical (unpaired) electrons. The topological polar surface area (TPSA) is 99.7 Å². The fraction of sp³-hybridized carbons (Fsp3) is 0.471. The molecule has 4 heterocycles. The second kappa shape index (κ2) is 7.21. The molecule has 1 aliphatic heterocycles. The number of halogens is 3. The highest BCUT2D eigenvalue weighted by molar-refractivity contribution is 6.08. The van der Waals surface area contributed by atoms with Gasteiger partial charge in [-0.05, 0) is 18.9 Å². The molecule has 1 fully saturated rings. The van der Waals surface area contributed by atoms with E-state index in [1.807, 2.05) is 11.0 Å². The number of rotatable bonds is 4. The van der Waals surface area contributed by atoms with Crippen LogP contribution in [-0.2, 0) is 4.79 Å². The van der Waals surface area contributed by atoms with Gasteiger partial charge >= 0.3 is 6.18 Å². The lowest BCUT2D eigenvalue weighted by atomic mass is 9.96. The van der Waals surface area contributed by atoms with Crippen LogP contribution in [0.1, 0.15) is 19.3 Å². The van der Waals surface area contributed by atoms with E-state index < -0.39 is 25.1 Å². The summed E-state index contributed by atoms with van der Waals surface area (Å²) in [6, 6.07) is 1.84. The van der Waals surface area contributed by atoms with Crippen molar-refractivity contribution in [3.05, 3.63) is 18.5 Å². The average Bonchev–Trinajstić information content (AvgIpc) is 3.15. The third-order valence-corrected chi connectivity index (χ3v) is 4.87. The molecule has 1 aliphatic rings. The van der Waals surface area contributed by atoms with Crippen molar-refractivity contribution in [2.45, 2.75) is 25.4 Å². The van der Waals surface area contributed by atoms with Crippen LogP contribution in [0.4, 0.5) is 19.0 Å².